The quantitative estimate of drug-likeness (QED) is 0.255. The molecule has 0 unspecified atom stereocenters. The van der Waals surface area contributed by atoms with Crippen LogP contribution in [0.3, 0.4) is 0 Å². The van der Waals surface area contributed by atoms with Gasteiger partial charge in [0.2, 0.25) is 17.8 Å². The van der Waals surface area contributed by atoms with E-state index in [0.29, 0.717) is 75.3 Å². The Morgan fingerprint density at radius 2 is 1.92 bits per heavy atom. The second-order valence-electron chi connectivity index (χ2n) is 9.28. The lowest BCUT2D eigenvalue weighted by Crippen LogP contribution is -2.38. The number of likely N-dealkylation sites (N-methyl/N-ethyl adjacent to an activating group) is 2. The summed E-state index contributed by atoms with van der Waals surface area (Å²) >= 11 is 0. The highest BCUT2D eigenvalue weighted by Crippen LogP contribution is 2.21. The Morgan fingerprint density at radius 1 is 1.18 bits per heavy atom. The van der Waals surface area contributed by atoms with Crippen LogP contribution in [0.15, 0.2) is 42.6 Å². The molecule has 0 saturated carbocycles. The Labute approximate surface area is 229 Å². The van der Waals surface area contributed by atoms with Crippen LogP contribution in [0.25, 0.3) is 0 Å². The minimum atomic E-state index is -0.313. The molecule has 2 amide bonds. The van der Waals surface area contributed by atoms with Gasteiger partial charge in [0.05, 0.1) is 31.5 Å². The van der Waals surface area contributed by atoms with Gasteiger partial charge in [-0.05, 0) is 44.8 Å². The zero-order valence-electron chi connectivity index (χ0n) is 22.7. The van der Waals surface area contributed by atoms with Crippen LogP contribution in [-0.2, 0) is 14.3 Å². The Balaban J connectivity index is 1.51. The summed E-state index contributed by atoms with van der Waals surface area (Å²) in [5.41, 5.74) is 1.38. The highest BCUT2D eigenvalue weighted by Gasteiger charge is 2.17. The summed E-state index contributed by atoms with van der Waals surface area (Å²) in [6, 6.07) is 5.99. The van der Waals surface area contributed by atoms with E-state index in [1.165, 1.54) is 23.1 Å². The van der Waals surface area contributed by atoms with Crippen molar-refractivity contribution >= 4 is 29.3 Å². The van der Waals surface area contributed by atoms with Crippen molar-refractivity contribution in [2.24, 2.45) is 0 Å². The van der Waals surface area contributed by atoms with Gasteiger partial charge in [0.25, 0.3) is 0 Å². The van der Waals surface area contributed by atoms with Gasteiger partial charge in [0.15, 0.2) is 0 Å². The molecule has 0 radical (unpaired) electrons. The predicted molar refractivity (Wildman–Crippen MR) is 149 cm³/mol. The van der Waals surface area contributed by atoms with E-state index in [2.05, 4.69) is 37.3 Å². The van der Waals surface area contributed by atoms with E-state index in [-0.39, 0.29) is 24.2 Å². The molecule has 1 aliphatic heterocycles. The second-order valence-corrected chi connectivity index (χ2v) is 9.28. The molecule has 0 bridgehead atoms. The fourth-order valence-electron chi connectivity index (χ4n) is 3.60. The molecule has 1 aliphatic rings. The number of aromatic nitrogens is 2. The SMILES string of the molecule is CN(C)CC=CC(=O)N(C)CC(=O)NCCCC#Cc1cnc(Nc2ccc(F)cc2)nc1N1CCOCC1. The van der Waals surface area contributed by atoms with Crippen molar-refractivity contribution < 1.29 is 18.7 Å². The van der Waals surface area contributed by atoms with E-state index in [0.717, 1.165) is 0 Å². The third-order valence-corrected chi connectivity index (χ3v) is 5.69. The van der Waals surface area contributed by atoms with Gasteiger partial charge in [-0.2, -0.15) is 4.98 Å². The zero-order valence-corrected chi connectivity index (χ0v) is 22.7. The maximum absolute atomic E-state index is 13.2. The number of hydrogen-bond donors (Lipinski definition) is 2. The molecule has 1 saturated heterocycles. The van der Waals surface area contributed by atoms with Crippen molar-refractivity contribution in [2.75, 3.05) is 77.3 Å². The van der Waals surface area contributed by atoms with Crippen LogP contribution in [0, 0.1) is 17.7 Å². The number of benzene rings is 1. The van der Waals surface area contributed by atoms with Crippen molar-refractivity contribution in [3.63, 3.8) is 0 Å². The number of halogens is 1. The first kappa shape index (κ1) is 29.5. The number of amides is 2. The Kier molecular flexibility index (Phi) is 11.7. The molecule has 0 atom stereocenters. The number of rotatable bonds is 11. The molecule has 1 aromatic heterocycles. The number of anilines is 3. The molecule has 11 heteroatoms. The Bertz CT molecular complexity index is 1190. The average molecular weight is 538 g/mol. The Morgan fingerprint density at radius 3 is 2.64 bits per heavy atom. The molecule has 39 heavy (non-hydrogen) atoms. The summed E-state index contributed by atoms with van der Waals surface area (Å²) in [5.74, 6) is 6.67. The molecule has 10 nitrogen and oxygen atoms in total. The third kappa shape index (κ3) is 10.3. The number of ether oxygens (including phenoxy) is 1. The molecule has 2 heterocycles. The predicted octanol–water partition coefficient (Wildman–Crippen LogP) is 2.02. The van der Waals surface area contributed by atoms with Gasteiger partial charge in [-0.3, -0.25) is 9.59 Å². The number of unbranched alkanes of at least 4 members (excludes halogenated alkanes) is 1. The van der Waals surface area contributed by atoms with Gasteiger partial charge in [-0.15, -0.1) is 0 Å². The topological polar surface area (TPSA) is 103 Å². The second kappa shape index (κ2) is 15.4. The first-order chi connectivity index (χ1) is 18.8. The van der Waals surface area contributed by atoms with Crippen molar-refractivity contribution in [3.8, 4) is 11.8 Å². The van der Waals surface area contributed by atoms with Crippen molar-refractivity contribution in [2.45, 2.75) is 12.8 Å². The van der Waals surface area contributed by atoms with Crippen LogP contribution in [-0.4, -0.2) is 98.7 Å². The Hall–Kier alpha value is -4.01. The first-order valence-electron chi connectivity index (χ1n) is 12.9. The molecule has 0 aliphatic carbocycles. The van der Waals surface area contributed by atoms with Crippen molar-refractivity contribution in [3.05, 3.63) is 54.0 Å². The largest absolute Gasteiger partial charge is 0.378 e. The maximum Gasteiger partial charge on any atom is 0.246 e. The summed E-state index contributed by atoms with van der Waals surface area (Å²) in [4.78, 5) is 38.7. The summed E-state index contributed by atoms with van der Waals surface area (Å²) in [6.07, 6.45) is 6.15. The molecule has 208 valence electrons. The van der Waals surface area contributed by atoms with Gasteiger partial charge in [-0.1, -0.05) is 17.9 Å². The van der Waals surface area contributed by atoms with Crippen LogP contribution in [0.4, 0.5) is 21.8 Å². The number of carbonyl (C=O) groups is 2. The molecular formula is C28H36FN7O3. The molecular weight excluding hydrogens is 501 g/mol. The van der Waals surface area contributed by atoms with E-state index in [1.807, 2.05) is 19.0 Å². The highest BCUT2D eigenvalue weighted by atomic mass is 19.1. The molecule has 0 spiro atoms. The summed E-state index contributed by atoms with van der Waals surface area (Å²) in [7, 11) is 5.43. The lowest BCUT2D eigenvalue weighted by atomic mass is 10.2. The molecule has 3 rings (SSSR count). The van der Waals surface area contributed by atoms with Crippen LogP contribution in [0.1, 0.15) is 18.4 Å². The smallest absolute Gasteiger partial charge is 0.246 e. The standard InChI is InChI=1S/C28H36FN7O3/c1-34(2)15-7-9-26(38)35(3)21-25(37)30-14-6-4-5-8-22-20-31-28(32-24-12-10-23(29)11-13-24)33-27(22)36-16-18-39-19-17-36/h7,9-13,20H,4,6,14-19,21H2,1-3H3,(H,30,37)(H,31,32,33). The fourth-order valence-corrected chi connectivity index (χ4v) is 3.60. The maximum atomic E-state index is 13.2. The van der Waals surface area contributed by atoms with Gasteiger partial charge in [0.1, 0.15) is 11.6 Å². The van der Waals surface area contributed by atoms with E-state index in [1.54, 1.807) is 31.5 Å². The fraction of sp³-hybridized carbons (Fsp3) is 0.429. The highest BCUT2D eigenvalue weighted by molar-refractivity contribution is 5.91. The normalized spacial score (nSPS) is 13.2. The van der Waals surface area contributed by atoms with Crippen LogP contribution in [0.2, 0.25) is 0 Å². The number of nitrogens with one attached hydrogen (secondary N) is 2. The minimum Gasteiger partial charge on any atom is -0.378 e. The van der Waals surface area contributed by atoms with E-state index in [9.17, 15) is 14.0 Å². The first-order valence-corrected chi connectivity index (χ1v) is 12.9. The van der Waals surface area contributed by atoms with E-state index in [4.69, 9.17) is 4.74 Å². The third-order valence-electron chi connectivity index (χ3n) is 5.69. The van der Waals surface area contributed by atoms with Gasteiger partial charge in [-0.25, -0.2) is 9.37 Å². The molecule has 1 aromatic carbocycles. The van der Waals surface area contributed by atoms with Gasteiger partial charge < -0.3 is 30.1 Å². The molecule has 1 fully saturated rings. The van der Waals surface area contributed by atoms with Crippen LogP contribution < -0.4 is 15.5 Å². The summed E-state index contributed by atoms with van der Waals surface area (Å²) in [6.45, 7) is 3.69. The summed E-state index contributed by atoms with van der Waals surface area (Å²) < 4.78 is 18.7. The minimum absolute atomic E-state index is 0.00459. The van der Waals surface area contributed by atoms with Crippen LogP contribution >= 0.6 is 0 Å². The van der Waals surface area contributed by atoms with Crippen LogP contribution in [0.5, 0.6) is 0 Å². The van der Waals surface area contributed by atoms with Crippen molar-refractivity contribution in [1.82, 2.24) is 25.1 Å². The zero-order chi connectivity index (χ0) is 28.0. The number of nitrogens with zero attached hydrogens (tertiary/aromatic N) is 5. The van der Waals surface area contributed by atoms with E-state index >= 15 is 0 Å². The average Bonchev–Trinajstić information content (AvgIpc) is 2.92. The van der Waals surface area contributed by atoms with Gasteiger partial charge in [0, 0.05) is 51.4 Å². The number of hydrogen-bond acceptors (Lipinski definition) is 8. The molecule has 2 N–H and O–H groups in total. The summed E-state index contributed by atoms with van der Waals surface area (Å²) in [5, 5.41) is 5.93. The lowest BCUT2D eigenvalue weighted by molar-refractivity contribution is -0.131. The monoisotopic (exact) mass is 537 g/mol. The van der Waals surface area contributed by atoms with Gasteiger partial charge >= 0.3 is 0 Å². The lowest BCUT2D eigenvalue weighted by Gasteiger charge is -2.28. The molecule has 2 aromatic rings. The number of morpholine rings is 1. The number of carbonyl (C=O) groups excluding carboxylic acids is 2. The van der Waals surface area contributed by atoms with Crippen molar-refractivity contribution in [1.29, 1.82) is 0 Å². The van der Waals surface area contributed by atoms with E-state index < -0.39 is 0 Å².